The van der Waals surface area contributed by atoms with Gasteiger partial charge in [-0.1, -0.05) is 23.7 Å². The second kappa shape index (κ2) is 8.10. The molecular weight excluding hydrogens is 372 g/mol. The van der Waals surface area contributed by atoms with Gasteiger partial charge in [0.05, 0.1) is 11.9 Å². The summed E-state index contributed by atoms with van der Waals surface area (Å²) in [6.07, 6.45) is 1.17. The number of nitrogens with one attached hydrogen (secondary N) is 1. The van der Waals surface area contributed by atoms with Crippen LogP contribution < -0.4 is 9.62 Å². The summed E-state index contributed by atoms with van der Waals surface area (Å²) in [5, 5.41) is 3.39. The Morgan fingerprint density at radius 2 is 1.77 bits per heavy atom. The van der Waals surface area contributed by atoms with E-state index >= 15 is 0 Å². The second-order valence-corrected chi connectivity index (χ2v) is 8.73. The van der Waals surface area contributed by atoms with E-state index in [2.05, 4.69) is 5.32 Å². The summed E-state index contributed by atoms with van der Waals surface area (Å²) < 4.78 is 25.6. The first-order chi connectivity index (χ1) is 12.1. The number of benzene rings is 2. The van der Waals surface area contributed by atoms with Gasteiger partial charge in [-0.05, 0) is 61.7 Å². The molecule has 7 heteroatoms. The number of carbonyl (C=O) groups is 1. The molecule has 2 aromatic rings. The van der Waals surface area contributed by atoms with Crippen LogP contribution in [0, 0.1) is 20.8 Å². The lowest BCUT2D eigenvalue weighted by Gasteiger charge is -2.24. The van der Waals surface area contributed by atoms with Crippen LogP contribution in [0.25, 0.3) is 0 Å². The Balaban J connectivity index is 2.15. The molecule has 0 spiro atoms. The molecule has 0 saturated heterocycles. The number of amides is 1. The van der Waals surface area contributed by atoms with E-state index < -0.39 is 10.0 Å². The molecule has 1 N–H and O–H groups in total. The number of rotatable bonds is 6. The molecule has 0 fully saturated rings. The van der Waals surface area contributed by atoms with Gasteiger partial charge in [-0.15, -0.1) is 0 Å². The lowest BCUT2D eigenvalue weighted by atomic mass is 10.1. The van der Waals surface area contributed by atoms with Gasteiger partial charge in [0.1, 0.15) is 0 Å². The van der Waals surface area contributed by atoms with Crippen molar-refractivity contribution >= 4 is 38.9 Å². The maximum absolute atomic E-state index is 12.3. The molecule has 0 saturated carbocycles. The summed E-state index contributed by atoms with van der Waals surface area (Å²) in [6.45, 7) is 5.70. The lowest BCUT2D eigenvalue weighted by Crippen LogP contribution is -2.33. The second-order valence-electron chi connectivity index (χ2n) is 6.38. The van der Waals surface area contributed by atoms with Gasteiger partial charge in [-0.3, -0.25) is 9.10 Å². The molecule has 1 amide bonds. The Bertz CT molecular complexity index is 926. The maximum atomic E-state index is 12.3. The quantitative estimate of drug-likeness (QED) is 0.803. The minimum atomic E-state index is -3.53. The molecule has 0 atom stereocenters. The van der Waals surface area contributed by atoms with Crippen LogP contribution in [0.2, 0.25) is 5.02 Å². The molecular formula is C19H23ClN2O3S. The van der Waals surface area contributed by atoms with E-state index in [9.17, 15) is 13.2 Å². The van der Waals surface area contributed by atoms with Crippen molar-refractivity contribution < 1.29 is 13.2 Å². The van der Waals surface area contributed by atoms with Crippen molar-refractivity contribution in [2.75, 3.05) is 22.4 Å². The first-order valence-corrected chi connectivity index (χ1v) is 10.4. The summed E-state index contributed by atoms with van der Waals surface area (Å²) in [4.78, 5) is 12.3. The Morgan fingerprint density at radius 1 is 1.08 bits per heavy atom. The largest absolute Gasteiger partial charge is 0.326 e. The normalized spacial score (nSPS) is 11.3. The van der Waals surface area contributed by atoms with Crippen molar-refractivity contribution in [1.29, 1.82) is 0 Å². The summed E-state index contributed by atoms with van der Waals surface area (Å²) >= 11 is 5.95. The number of carbonyl (C=O) groups excluding carboxylic acids is 1. The Hall–Kier alpha value is -2.05. The smallest absolute Gasteiger partial charge is 0.232 e. The van der Waals surface area contributed by atoms with Gasteiger partial charge in [0, 0.05) is 23.7 Å². The first-order valence-electron chi connectivity index (χ1n) is 8.19. The highest BCUT2D eigenvalue weighted by atomic mass is 35.5. The summed E-state index contributed by atoms with van der Waals surface area (Å²) in [5.41, 5.74) is 4.00. The molecule has 0 aliphatic heterocycles. The fraction of sp³-hybridized carbons (Fsp3) is 0.316. The van der Waals surface area contributed by atoms with Crippen LogP contribution in [-0.2, 0) is 14.8 Å². The highest BCUT2D eigenvalue weighted by Crippen LogP contribution is 2.26. The molecule has 0 unspecified atom stereocenters. The molecule has 5 nitrogen and oxygen atoms in total. The molecule has 2 rings (SSSR count). The standard InChI is InChI=1S/C19H23ClN2O3S/c1-13-5-6-14(2)17(11-13)21-19(23)9-10-22(26(4,24)25)18-8-7-16(20)12-15(18)3/h5-8,11-12H,9-10H2,1-4H3,(H,21,23). The zero-order chi connectivity index (χ0) is 19.5. The topological polar surface area (TPSA) is 66.5 Å². The van der Waals surface area contributed by atoms with Crippen molar-refractivity contribution in [1.82, 2.24) is 0 Å². The predicted octanol–water partition coefficient (Wildman–Crippen LogP) is 4.06. The molecule has 0 aliphatic rings. The maximum Gasteiger partial charge on any atom is 0.232 e. The van der Waals surface area contributed by atoms with Gasteiger partial charge >= 0.3 is 0 Å². The average Bonchev–Trinajstić information content (AvgIpc) is 2.51. The third kappa shape index (κ3) is 5.22. The van der Waals surface area contributed by atoms with E-state index in [4.69, 9.17) is 11.6 Å². The van der Waals surface area contributed by atoms with Crippen LogP contribution in [0.3, 0.4) is 0 Å². The van der Waals surface area contributed by atoms with Crippen molar-refractivity contribution in [3.63, 3.8) is 0 Å². The van der Waals surface area contributed by atoms with Gasteiger partial charge in [-0.2, -0.15) is 0 Å². The molecule has 0 aliphatic carbocycles. The lowest BCUT2D eigenvalue weighted by molar-refractivity contribution is -0.116. The van der Waals surface area contributed by atoms with Gasteiger partial charge < -0.3 is 5.32 Å². The third-order valence-corrected chi connectivity index (χ3v) is 5.45. The van der Waals surface area contributed by atoms with Gasteiger partial charge in [0.2, 0.25) is 15.9 Å². The number of anilines is 2. The molecule has 0 radical (unpaired) electrons. The minimum Gasteiger partial charge on any atom is -0.326 e. The van der Waals surface area contributed by atoms with Crippen LogP contribution in [0.5, 0.6) is 0 Å². The molecule has 0 bridgehead atoms. The molecule has 0 heterocycles. The summed E-state index contributed by atoms with van der Waals surface area (Å²) in [5.74, 6) is -0.237. The number of hydrogen-bond donors (Lipinski definition) is 1. The zero-order valence-electron chi connectivity index (χ0n) is 15.3. The number of aryl methyl sites for hydroxylation is 3. The fourth-order valence-electron chi connectivity index (χ4n) is 2.65. The average molecular weight is 395 g/mol. The first kappa shape index (κ1) is 20.3. The van der Waals surface area contributed by atoms with Gasteiger partial charge in [0.25, 0.3) is 0 Å². The SMILES string of the molecule is Cc1ccc(C)c(NC(=O)CCN(c2ccc(Cl)cc2C)S(C)(=O)=O)c1. The van der Waals surface area contributed by atoms with E-state index in [1.54, 1.807) is 25.1 Å². The molecule has 0 aromatic heterocycles. The Morgan fingerprint density at radius 3 is 2.38 bits per heavy atom. The van der Waals surface area contributed by atoms with E-state index in [1.165, 1.54) is 4.31 Å². The number of halogens is 1. The van der Waals surface area contributed by atoms with Crippen LogP contribution in [0.15, 0.2) is 36.4 Å². The number of sulfonamides is 1. The van der Waals surface area contributed by atoms with Crippen LogP contribution in [-0.4, -0.2) is 27.1 Å². The van der Waals surface area contributed by atoms with Crippen LogP contribution >= 0.6 is 11.6 Å². The van der Waals surface area contributed by atoms with Crippen molar-refractivity contribution in [2.45, 2.75) is 27.2 Å². The molecule has 2 aromatic carbocycles. The Labute approximate surface area is 160 Å². The predicted molar refractivity (Wildman–Crippen MR) is 108 cm³/mol. The van der Waals surface area contributed by atoms with Crippen molar-refractivity contribution in [2.24, 2.45) is 0 Å². The fourth-order valence-corrected chi connectivity index (χ4v) is 3.86. The van der Waals surface area contributed by atoms with E-state index in [0.717, 1.165) is 28.6 Å². The number of nitrogens with zero attached hydrogens (tertiary/aromatic N) is 1. The minimum absolute atomic E-state index is 0.0442. The van der Waals surface area contributed by atoms with E-state index in [1.807, 2.05) is 32.0 Å². The van der Waals surface area contributed by atoms with Crippen molar-refractivity contribution in [3.05, 3.63) is 58.1 Å². The third-order valence-electron chi connectivity index (χ3n) is 4.04. The highest BCUT2D eigenvalue weighted by molar-refractivity contribution is 7.92. The van der Waals surface area contributed by atoms with Crippen LogP contribution in [0.4, 0.5) is 11.4 Å². The Kier molecular flexibility index (Phi) is 6.31. The van der Waals surface area contributed by atoms with E-state index in [-0.39, 0.29) is 18.9 Å². The highest BCUT2D eigenvalue weighted by Gasteiger charge is 2.20. The van der Waals surface area contributed by atoms with E-state index in [0.29, 0.717) is 10.7 Å². The monoisotopic (exact) mass is 394 g/mol. The van der Waals surface area contributed by atoms with Crippen LogP contribution in [0.1, 0.15) is 23.1 Å². The number of hydrogen-bond acceptors (Lipinski definition) is 3. The molecule has 140 valence electrons. The molecule has 26 heavy (non-hydrogen) atoms. The van der Waals surface area contributed by atoms with Gasteiger partial charge in [-0.25, -0.2) is 8.42 Å². The zero-order valence-corrected chi connectivity index (χ0v) is 16.9. The van der Waals surface area contributed by atoms with Crippen molar-refractivity contribution in [3.8, 4) is 0 Å². The van der Waals surface area contributed by atoms with Gasteiger partial charge in [0.15, 0.2) is 0 Å². The summed E-state index contributed by atoms with van der Waals surface area (Å²) in [7, 11) is -3.53. The summed E-state index contributed by atoms with van der Waals surface area (Å²) in [6, 6.07) is 10.8.